The van der Waals surface area contributed by atoms with Gasteiger partial charge in [0.1, 0.15) is 5.52 Å². The van der Waals surface area contributed by atoms with Crippen LogP contribution in [0.4, 0.5) is 0 Å². The summed E-state index contributed by atoms with van der Waals surface area (Å²) < 4.78 is 16.5. The topological polar surface area (TPSA) is 64.8 Å². The summed E-state index contributed by atoms with van der Waals surface area (Å²) in [6.45, 7) is 1.44. The third-order valence-electron chi connectivity index (χ3n) is 5.31. The first-order chi connectivity index (χ1) is 13.7. The molecule has 0 spiro atoms. The highest BCUT2D eigenvalue weighted by atomic mass is 16.5. The minimum absolute atomic E-state index is 0.128. The highest BCUT2D eigenvalue weighted by Crippen LogP contribution is 2.31. The summed E-state index contributed by atoms with van der Waals surface area (Å²) in [5.74, 6) is 2.48. The summed E-state index contributed by atoms with van der Waals surface area (Å²) >= 11 is 0. The monoisotopic (exact) mass is 380 g/mol. The molecular formula is C22H24N2O4. The molecule has 146 valence electrons. The first-order valence-corrected chi connectivity index (χ1v) is 9.52. The number of methoxy groups -OCH3 is 2. The van der Waals surface area contributed by atoms with Gasteiger partial charge in [-0.05, 0) is 42.7 Å². The van der Waals surface area contributed by atoms with E-state index in [1.54, 1.807) is 14.2 Å². The van der Waals surface area contributed by atoms with E-state index in [0.29, 0.717) is 17.9 Å². The second kappa shape index (κ2) is 7.92. The summed E-state index contributed by atoms with van der Waals surface area (Å²) in [5.41, 5.74) is 2.64. The van der Waals surface area contributed by atoms with E-state index in [1.165, 1.54) is 0 Å². The average molecular weight is 380 g/mol. The maximum Gasteiger partial charge on any atom is 0.226 e. The van der Waals surface area contributed by atoms with Crippen LogP contribution in [0.25, 0.3) is 11.1 Å². The molecule has 1 aliphatic rings. The maximum atomic E-state index is 12.7. The van der Waals surface area contributed by atoms with Crippen molar-refractivity contribution in [2.45, 2.75) is 25.2 Å². The standard InChI is InChI=1S/C22H24N2O4/c1-26-19-8-7-15(13-20(19)27-2)14-21(25)24-11-9-16(10-12-24)22-23-17-5-3-4-6-18(17)28-22/h3-8,13,16H,9-12,14H2,1-2H3. The molecule has 0 unspecified atom stereocenters. The van der Waals surface area contributed by atoms with Gasteiger partial charge in [-0.1, -0.05) is 18.2 Å². The van der Waals surface area contributed by atoms with Gasteiger partial charge in [0.05, 0.1) is 20.6 Å². The van der Waals surface area contributed by atoms with Crippen LogP contribution in [0.1, 0.15) is 30.2 Å². The van der Waals surface area contributed by atoms with Crippen LogP contribution in [-0.4, -0.2) is 43.1 Å². The first-order valence-electron chi connectivity index (χ1n) is 9.52. The summed E-state index contributed by atoms with van der Waals surface area (Å²) in [4.78, 5) is 19.3. The molecule has 1 aromatic heterocycles. The number of hydrogen-bond donors (Lipinski definition) is 0. The van der Waals surface area contributed by atoms with Crippen LogP contribution in [0.5, 0.6) is 11.5 Å². The molecule has 0 atom stereocenters. The van der Waals surface area contributed by atoms with Crippen molar-refractivity contribution in [3.8, 4) is 11.5 Å². The third-order valence-corrected chi connectivity index (χ3v) is 5.31. The van der Waals surface area contributed by atoms with E-state index >= 15 is 0 Å². The Labute approximate surface area is 164 Å². The van der Waals surface area contributed by atoms with Crippen molar-refractivity contribution in [1.29, 1.82) is 0 Å². The molecule has 2 heterocycles. The lowest BCUT2D eigenvalue weighted by atomic mass is 9.96. The molecule has 3 aromatic rings. The molecule has 2 aromatic carbocycles. The van der Waals surface area contributed by atoms with E-state index < -0.39 is 0 Å². The zero-order valence-electron chi connectivity index (χ0n) is 16.2. The Morgan fingerprint density at radius 1 is 1.11 bits per heavy atom. The molecule has 28 heavy (non-hydrogen) atoms. The molecule has 6 heteroatoms. The molecule has 1 fully saturated rings. The second-order valence-corrected chi connectivity index (χ2v) is 7.04. The van der Waals surface area contributed by atoms with Gasteiger partial charge in [0.2, 0.25) is 5.91 Å². The molecule has 6 nitrogen and oxygen atoms in total. The summed E-state index contributed by atoms with van der Waals surface area (Å²) in [7, 11) is 3.20. The average Bonchev–Trinajstić information content (AvgIpc) is 3.18. The number of para-hydroxylation sites is 2. The van der Waals surface area contributed by atoms with Gasteiger partial charge in [-0.25, -0.2) is 4.98 Å². The molecule has 1 aliphatic heterocycles. The van der Waals surface area contributed by atoms with E-state index in [9.17, 15) is 4.79 Å². The Hall–Kier alpha value is -3.02. The van der Waals surface area contributed by atoms with Gasteiger partial charge in [0.15, 0.2) is 23.0 Å². The number of amides is 1. The van der Waals surface area contributed by atoms with Gasteiger partial charge in [-0.15, -0.1) is 0 Å². The molecular weight excluding hydrogens is 356 g/mol. The van der Waals surface area contributed by atoms with Gasteiger partial charge in [0, 0.05) is 19.0 Å². The quantitative estimate of drug-likeness (QED) is 0.674. The van der Waals surface area contributed by atoms with Crippen LogP contribution < -0.4 is 9.47 Å². The predicted molar refractivity (Wildman–Crippen MR) is 106 cm³/mol. The van der Waals surface area contributed by atoms with Crippen molar-refractivity contribution in [2.24, 2.45) is 0 Å². The van der Waals surface area contributed by atoms with Crippen molar-refractivity contribution in [2.75, 3.05) is 27.3 Å². The zero-order chi connectivity index (χ0) is 19.5. The van der Waals surface area contributed by atoms with E-state index in [-0.39, 0.29) is 11.8 Å². The van der Waals surface area contributed by atoms with Crippen LogP contribution in [0, 0.1) is 0 Å². The van der Waals surface area contributed by atoms with E-state index in [0.717, 1.165) is 48.5 Å². The lowest BCUT2D eigenvalue weighted by Gasteiger charge is -2.30. The van der Waals surface area contributed by atoms with Crippen molar-refractivity contribution >= 4 is 17.0 Å². The highest BCUT2D eigenvalue weighted by molar-refractivity contribution is 5.79. The summed E-state index contributed by atoms with van der Waals surface area (Å²) in [5, 5.41) is 0. The molecule has 0 saturated carbocycles. The van der Waals surface area contributed by atoms with Gasteiger partial charge >= 0.3 is 0 Å². The van der Waals surface area contributed by atoms with Gasteiger partial charge < -0.3 is 18.8 Å². The van der Waals surface area contributed by atoms with Crippen molar-refractivity contribution in [3.63, 3.8) is 0 Å². The second-order valence-electron chi connectivity index (χ2n) is 7.04. The number of benzene rings is 2. The fourth-order valence-electron chi connectivity index (χ4n) is 3.72. The molecule has 0 bridgehead atoms. The minimum Gasteiger partial charge on any atom is -0.493 e. The number of aromatic nitrogens is 1. The van der Waals surface area contributed by atoms with E-state index in [2.05, 4.69) is 4.98 Å². The lowest BCUT2D eigenvalue weighted by Crippen LogP contribution is -2.38. The fraction of sp³-hybridized carbons (Fsp3) is 0.364. The van der Waals surface area contributed by atoms with Crippen molar-refractivity contribution < 1.29 is 18.7 Å². The van der Waals surface area contributed by atoms with Crippen LogP contribution in [-0.2, 0) is 11.2 Å². The van der Waals surface area contributed by atoms with Gasteiger partial charge in [-0.2, -0.15) is 0 Å². The lowest BCUT2D eigenvalue weighted by molar-refractivity contribution is -0.131. The molecule has 1 saturated heterocycles. The molecule has 0 aliphatic carbocycles. The number of carbonyl (C=O) groups excluding carboxylic acids is 1. The fourth-order valence-corrected chi connectivity index (χ4v) is 3.72. The number of ether oxygens (including phenoxy) is 2. The van der Waals surface area contributed by atoms with Gasteiger partial charge in [-0.3, -0.25) is 4.79 Å². The van der Waals surface area contributed by atoms with E-state index in [4.69, 9.17) is 13.9 Å². The number of fused-ring (bicyclic) bond motifs is 1. The predicted octanol–water partition coefficient (Wildman–Crippen LogP) is 3.79. The van der Waals surface area contributed by atoms with Crippen LogP contribution >= 0.6 is 0 Å². The SMILES string of the molecule is COc1ccc(CC(=O)N2CCC(c3nc4ccccc4o3)CC2)cc1OC. The molecule has 0 N–H and O–H groups in total. The van der Waals surface area contributed by atoms with E-state index in [1.807, 2.05) is 47.4 Å². The van der Waals surface area contributed by atoms with Crippen LogP contribution in [0.2, 0.25) is 0 Å². The first kappa shape index (κ1) is 18.3. The van der Waals surface area contributed by atoms with Gasteiger partial charge in [0.25, 0.3) is 0 Å². The van der Waals surface area contributed by atoms with Crippen LogP contribution in [0.3, 0.4) is 0 Å². The number of piperidine rings is 1. The largest absolute Gasteiger partial charge is 0.493 e. The summed E-state index contributed by atoms with van der Waals surface area (Å²) in [6, 6.07) is 13.4. The molecule has 0 radical (unpaired) electrons. The Bertz CT molecular complexity index is 941. The number of rotatable bonds is 5. The number of nitrogens with zero attached hydrogens (tertiary/aromatic N) is 2. The Morgan fingerprint density at radius 3 is 2.57 bits per heavy atom. The Balaban J connectivity index is 1.37. The van der Waals surface area contributed by atoms with Crippen molar-refractivity contribution in [3.05, 3.63) is 53.9 Å². The smallest absolute Gasteiger partial charge is 0.226 e. The molecule has 1 amide bonds. The minimum atomic E-state index is 0.128. The number of hydrogen-bond acceptors (Lipinski definition) is 5. The Kier molecular flexibility index (Phi) is 5.19. The van der Waals surface area contributed by atoms with Crippen LogP contribution in [0.15, 0.2) is 46.9 Å². The Morgan fingerprint density at radius 2 is 1.86 bits per heavy atom. The third kappa shape index (κ3) is 3.67. The number of likely N-dealkylation sites (tertiary alicyclic amines) is 1. The highest BCUT2D eigenvalue weighted by Gasteiger charge is 2.27. The molecule has 4 rings (SSSR count). The maximum absolute atomic E-state index is 12.7. The number of carbonyl (C=O) groups is 1. The van der Waals surface area contributed by atoms with Crippen molar-refractivity contribution in [1.82, 2.24) is 9.88 Å². The normalized spacial score (nSPS) is 15.0. The number of oxazole rings is 1. The zero-order valence-corrected chi connectivity index (χ0v) is 16.2. The summed E-state index contributed by atoms with van der Waals surface area (Å²) in [6.07, 6.45) is 2.09.